The quantitative estimate of drug-likeness (QED) is 0.652. The minimum absolute atomic E-state index is 0.647. The van der Waals surface area contributed by atoms with Gasteiger partial charge in [0, 0.05) is 12.5 Å². The van der Waals surface area contributed by atoms with Gasteiger partial charge in [0.2, 0.25) is 0 Å². The Morgan fingerprint density at radius 2 is 2.23 bits per heavy atom. The van der Waals surface area contributed by atoms with E-state index in [0.717, 1.165) is 13.0 Å². The fourth-order valence-corrected chi connectivity index (χ4v) is 2.29. The molecule has 0 amide bonds. The number of rotatable bonds is 2. The smallest absolute Gasteiger partial charge is 0.0624 e. The van der Waals surface area contributed by atoms with Crippen LogP contribution in [-0.2, 0) is 0 Å². The Labute approximate surface area is 81.5 Å². The van der Waals surface area contributed by atoms with Crippen molar-refractivity contribution in [2.24, 2.45) is 11.8 Å². The summed E-state index contributed by atoms with van der Waals surface area (Å²) in [6.07, 6.45) is 3.16. The molecule has 0 bridgehead atoms. The zero-order chi connectivity index (χ0) is 9.84. The van der Waals surface area contributed by atoms with Crippen molar-refractivity contribution in [3.63, 3.8) is 0 Å². The van der Waals surface area contributed by atoms with Gasteiger partial charge in [-0.1, -0.05) is 13.8 Å². The first-order valence-electron chi connectivity index (χ1n) is 5.22. The molecule has 13 heavy (non-hydrogen) atoms. The molecule has 1 rings (SSSR count). The first kappa shape index (κ1) is 10.5. The molecule has 2 atom stereocenters. The molecule has 0 aromatic carbocycles. The summed E-state index contributed by atoms with van der Waals surface area (Å²) in [6, 6.07) is 2.98. The van der Waals surface area contributed by atoms with E-state index in [1.54, 1.807) is 0 Å². The van der Waals surface area contributed by atoms with E-state index < -0.39 is 0 Å². The molecule has 1 fully saturated rings. The Hall–Kier alpha value is -0.550. The molecule has 1 saturated heterocycles. The van der Waals surface area contributed by atoms with Crippen molar-refractivity contribution in [2.75, 3.05) is 13.6 Å². The molecule has 2 nitrogen and oxygen atoms in total. The molecule has 0 spiro atoms. The van der Waals surface area contributed by atoms with Crippen LogP contribution in [0.2, 0.25) is 0 Å². The van der Waals surface area contributed by atoms with E-state index >= 15 is 0 Å². The van der Waals surface area contributed by atoms with Crippen molar-refractivity contribution in [1.82, 2.24) is 4.90 Å². The maximum absolute atomic E-state index is 8.65. The SMILES string of the molecule is CC(C)C1CC(CC#N)CCN1C. The number of nitrogens with zero attached hydrogens (tertiary/aromatic N) is 2. The minimum Gasteiger partial charge on any atom is -0.303 e. The lowest BCUT2D eigenvalue weighted by Gasteiger charge is -2.38. The van der Waals surface area contributed by atoms with Crippen molar-refractivity contribution < 1.29 is 0 Å². The Kier molecular flexibility index (Phi) is 3.74. The topological polar surface area (TPSA) is 27.0 Å². The highest BCUT2D eigenvalue weighted by Gasteiger charge is 2.27. The first-order valence-corrected chi connectivity index (χ1v) is 5.22. The molecule has 1 aliphatic rings. The predicted octanol–water partition coefficient (Wildman–Crippen LogP) is 2.27. The molecule has 74 valence electrons. The van der Waals surface area contributed by atoms with E-state index in [2.05, 4.69) is 31.9 Å². The maximum Gasteiger partial charge on any atom is 0.0624 e. The Morgan fingerprint density at radius 1 is 1.54 bits per heavy atom. The summed E-state index contributed by atoms with van der Waals surface area (Å²) in [5.74, 6) is 1.36. The second-order valence-electron chi connectivity index (χ2n) is 4.54. The van der Waals surface area contributed by atoms with Crippen LogP contribution in [0.15, 0.2) is 0 Å². The van der Waals surface area contributed by atoms with Crippen molar-refractivity contribution >= 4 is 0 Å². The van der Waals surface area contributed by atoms with Crippen LogP contribution >= 0.6 is 0 Å². The highest BCUT2D eigenvalue weighted by molar-refractivity contribution is 4.86. The van der Waals surface area contributed by atoms with E-state index in [1.165, 1.54) is 12.8 Å². The normalized spacial score (nSPS) is 30.4. The van der Waals surface area contributed by atoms with Gasteiger partial charge in [0.1, 0.15) is 0 Å². The van der Waals surface area contributed by atoms with Crippen LogP contribution in [0.4, 0.5) is 0 Å². The molecule has 0 aromatic rings. The van der Waals surface area contributed by atoms with Crippen molar-refractivity contribution in [2.45, 2.75) is 39.2 Å². The van der Waals surface area contributed by atoms with Gasteiger partial charge in [-0.05, 0) is 38.3 Å². The molecule has 0 aliphatic carbocycles. The number of hydrogen-bond donors (Lipinski definition) is 0. The fraction of sp³-hybridized carbons (Fsp3) is 0.909. The Morgan fingerprint density at radius 3 is 2.77 bits per heavy atom. The molecule has 2 unspecified atom stereocenters. The van der Waals surface area contributed by atoms with E-state index in [1.807, 2.05) is 0 Å². The highest BCUT2D eigenvalue weighted by atomic mass is 15.1. The van der Waals surface area contributed by atoms with Crippen LogP contribution in [-0.4, -0.2) is 24.5 Å². The molecule has 0 N–H and O–H groups in total. The molecule has 0 radical (unpaired) electrons. The largest absolute Gasteiger partial charge is 0.303 e. The summed E-state index contributed by atoms with van der Waals surface area (Å²) in [5.41, 5.74) is 0. The second-order valence-corrected chi connectivity index (χ2v) is 4.54. The summed E-state index contributed by atoms with van der Waals surface area (Å²) in [7, 11) is 2.20. The van der Waals surface area contributed by atoms with Crippen molar-refractivity contribution in [1.29, 1.82) is 5.26 Å². The first-order chi connectivity index (χ1) is 6.15. The molecule has 2 heteroatoms. The average Bonchev–Trinajstić information content (AvgIpc) is 2.08. The van der Waals surface area contributed by atoms with Crippen molar-refractivity contribution in [3.05, 3.63) is 0 Å². The maximum atomic E-state index is 8.65. The lowest BCUT2D eigenvalue weighted by Crippen LogP contribution is -2.42. The Balaban J connectivity index is 2.49. The van der Waals surface area contributed by atoms with Crippen molar-refractivity contribution in [3.8, 4) is 6.07 Å². The lowest BCUT2D eigenvalue weighted by atomic mass is 9.84. The van der Waals surface area contributed by atoms with Crippen LogP contribution in [0.5, 0.6) is 0 Å². The van der Waals surface area contributed by atoms with Gasteiger partial charge >= 0.3 is 0 Å². The zero-order valence-electron chi connectivity index (χ0n) is 8.95. The monoisotopic (exact) mass is 180 g/mol. The molecular weight excluding hydrogens is 160 g/mol. The van der Waals surface area contributed by atoms with Gasteiger partial charge in [-0.3, -0.25) is 0 Å². The van der Waals surface area contributed by atoms with Gasteiger partial charge in [-0.2, -0.15) is 5.26 Å². The van der Waals surface area contributed by atoms with Gasteiger partial charge < -0.3 is 4.90 Å². The summed E-state index contributed by atoms with van der Waals surface area (Å²) in [5, 5.41) is 8.65. The third-order valence-electron chi connectivity index (χ3n) is 3.18. The van der Waals surface area contributed by atoms with Crippen LogP contribution < -0.4 is 0 Å². The van der Waals surface area contributed by atoms with Crippen LogP contribution in [0.3, 0.4) is 0 Å². The van der Waals surface area contributed by atoms with Gasteiger partial charge in [-0.25, -0.2) is 0 Å². The zero-order valence-corrected chi connectivity index (χ0v) is 8.95. The summed E-state index contributed by atoms with van der Waals surface area (Å²) < 4.78 is 0. The molecule has 1 heterocycles. The summed E-state index contributed by atoms with van der Waals surface area (Å²) >= 11 is 0. The third-order valence-corrected chi connectivity index (χ3v) is 3.18. The second kappa shape index (κ2) is 4.62. The van der Waals surface area contributed by atoms with E-state index in [0.29, 0.717) is 17.9 Å². The highest BCUT2D eigenvalue weighted by Crippen LogP contribution is 2.27. The molecule has 0 aromatic heterocycles. The number of nitriles is 1. The number of piperidine rings is 1. The fourth-order valence-electron chi connectivity index (χ4n) is 2.29. The third kappa shape index (κ3) is 2.70. The standard InChI is InChI=1S/C11H20N2/c1-9(2)11-8-10(4-6-12)5-7-13(11)3/h9-11H,4-5,7-8H2,1-3H3. The van der Waals surface area contributed by atoms with Crippen LogP contribution in [0.25, 0.3) is 0 Å². The summed E-state index contributed by atoms with van der Waals surface area (Å²) in [4.78, 5) is 2.44. The van der Waals surface area contributed by atoms with Gasteiger partial charge in [0.15, 0.2) is 0 Å². The van der Waals surface area contributed by atoms with Crippen LogP contribution in [0.1, 0.15) is 33.1 Å². The van der Waals surface area contributed by atoms with E-state index in [-0.39, 0.29) is 0 Å². The number of likely N-dealkylation sites (tertiary alicyclic amines) is 1. The lowest BCUT2D eigenvalue weighted by molar-refractivity contribution is 0.108. The average molecular weight is 180 g/mol. The molecular formula is C11H20N2. The predicted molar refractivity (Wildman–Crippen MR) is 54.2 cm³/mol. The van der Waals surface area contributed by atoms with Gasteiger partial charge in [0.05, 0.1) is 6.07 Å². The van der Waals surface area contributed by atoms with Crippen LogP contribution in [0, 0.1) is 23.2 Å². The number of hydrogen-bond acceptors (Lipinski definition) is 2. The minimum atomic E-state index is 0.647. The molecule has 1 aliphatic heterocycles. The molecule has 0 saturated carbocycles. The summed E-state index contributed by atoms with van der Waals surface area (Å²) in [6.45, 7) is 5.71. The van der Waals surface area contributed by atoms with Gasteiger partial charge in [0.25, 0.3) is 0 Å². The van der Waals surface area contributed by atoms with E-state index in [4.69, 9.17) is 5.26 Å². The Bertz CT molecular complexity index is 193. The van der Waals surface area contributed by atoms with E-state index in [9.17, 15) is 0 Å². The van der Waals surface area contributed by atoms with Gasteiger partial charge in [-0.15, -0.1) is 0 Å².